The van der Waals surface area contributed by atoms with Crippen molar-refractivity contribution in [1.29, 1.82) is 0 Å². The predicted molar refractivity (Wildman–Crippen MR) is 122 cm³/mol. The van der Waals surface area contributed by atoms with Crippen LogP contribution in [0.4, 0.5) is 0 Å². The highest BCUT2D eigenvalue weighted by Crippen LogP contribution is 2.18. The zero-order valence-corrected chi connectivity index (χ0v) is 18.5. The summed E-state index contributed by atoms with van der Waals surface area (Å²) in [6.07, 6.45) is 0. The lowest BCUT2D eigenvalue weighted by atomic mass is 10.2. The highest BCUT2D eigenvalue weighted by atomic mass is 127. The molecule has 3 rings (SSSR count). The second-order valence-corrected chi connectivity index (χ2v) is 6.08. The number of rotatable bonds is 6. The fourth-order valence-electron chi connectivity index (χ4n) is 2.72. The molecule has 0 atom stereocenters. The average molecular weight is 492 g/mol. The minimum atomic E-state index is 0. The molecule has 0 aliphatic carbocycles. The van der Waals surface area contributed by atoms with Crippen molar-refractivity contribution in [3.8, 4) is 17.1 Å². The van der Waals surface area contributed by atoms with Crippen molar-refractivity contribution < 1.29 is 4.74 Å². The Hall–Kier alpha value is -2.62. The fraction of sp³-hybridized carbons (Fsp3) is 0.250. The van der Waals surface area contributed by atoms with Gasteiger partial charge in [0.15, 0.2) is 11.8 Å². The molecule has 0 spiro atoms. The zero-order chi connectivity index (χ0) is 19.1. The lowest BCUT2D eigenvalue weighted by Crippen LogP contribution is -2.38. The monoisotopic (exact) mass is 492 g/mol. The van der Waals surface area contributed by atoms with Gasteiger partial charge >= 0.3 is 0 Å². The van der Waals surface area contributed by atoms with Gasteiger partial charge in [0, 0.05) is 26.2 Å². The first-order valence-corrected chi connectivity index (χ1v) is 8.71. The molecular weight excluding hydrogens is 467 g/mol. The van der Waals surface area contributed by atoms with E-state index < -0.39 is 0 Å². The molecule has 0 saturated heterocycles. The molecule has 7 nitrogen and oxygen atoms in total. The van der Waals surface area contributed by atoms with Gasteiger partial charge in [-0.2, -0.15) is 5.10 Å². The van der Waals surface area contributed by atoms with Crippen LogP contribution < -0.4 is 10.1 Å². The molecule has 0 fully saturated rings. The van der Waals surface area contributed by atoms with Crippen LogP contribution >= 0.6 is 24.0 Å². The van der Waals surface area contributed by atoms with E-state index in [0.717, 1.165) is 29.6 Å². The van der Waals surface area contributed by atoms with Crippen molar-refractivity contribution in [2.45, 2.75) is 13.1 Å². The molecule has 2 aromatic carbocycles. The number of aromatic amines is 1. The number of ether oxygens (including phenoxy) is 1. The fourth-order valence-corrected chi connectivity index (χ4v) is 2.72. The first kappa shape index (κ1) is 21.7. The van der Waals surface area contributed by atoms with Crippen molar-refractivity contribution in [2.24, 2.45) is 4.99 Å². The molecule has 0 aliphatic rings. The Morgan fingerprint density at radius 1 is 1.14 bits per heavy atom. The topological polar surface area (TPSA) is 78.4 Å². The lowest BCUT2D eigenvalue weighted by molar-refractivity contribution is 0.415. The largest absolute Gasteiger partial charge is 0.497 e. The molecule has 0 bridgehead atoms. The molecule has 8 heteroatoms. The highest BCUT2D eigenvalue weighted by Gasteiger charge is 2.09. The standard InChI is InChI=1S/C20H24N6O.HI/c1-21-20(26(2)14-15-7-5-4-6-8-15)22-13-18-23-19(25-24-18)16-9-11-17(27-3)12-10-16;/h4-12H,13-14H2,1-3H3,(H,21,22)(H,23,24,25);1H. The number of halogens is 1. The van der Waals surface area contributed by atoms with E-state index in [1.165, 1.54) is 5.56 Å². The van der Waals surface area contributed by atoms with Crippen molar-refractivity contribution in [3.05, 3.63) is 66.0 Å². The smallest absolute Gasteiger partial charge is 0.194 e. The van der Waals surface area contributed by atoms with Gasteiger partial charge in [-0.1, -0.05) is 30.3 Å². The highest BCUT2D eigenvalue weighted by molar-refractivity contribution is 14.0. The van der Waals surface area contributed by atoms with Gasteiger partial charge in [-0.25, -0.2) is 4.98 Å². The first-order valence-electron chi connectivity index (χ1n) is 8.71. The van der Waals surface area contributed by atoms with Crippen molar-refractivity contribution >= 4 is 29.9 Å². The van der Waals surface area contributed by atoms with Gasteiger partial charge in [0.25, 0.3) is 0 Å². The van der Waals surface area contributed by atoms with Gasteiger partial charge in [0.05, 0.1) is 13.7 Å². The number of nitrogens with zero attached hydrogens (tertiary/aromatic N) is 4. The minimum absolute atomic E-state index is 0. The van der Waals surface area contributed by atoms with Crippen LogP contribution in [0.15, 0.2) is 59.6 Å². The average Bonchev–Trinajstić information content (AvgIpc) is 3.18. The molecule has 1 heterocycles. The molecule has 28 heavy (non-hydrogen) atoms. The second-order valence-electron chi connectivity index (χ2n) is 6.08. The number of aliphatic imine (C=N–C) groups is 1. The van der Waals surface area contributed by atoms with E-state index >= 15 is 0 Å². The molecule has 1 aromatic heterocycles. The quantitative estimate of drug-likeness (QED) is 0.314. The predicted octanol–water partition coefficient (Wildman–Crippen LogP) is 3.31. The zero-order valence-electron chi connectivity index (χ0n) is 16.2. The van der Waals surface area contributed by atoms with E-state index in [0.29, 0.717) is 12.4 Å². The Morgan fingerprint density at radius 3 is 2.50 bits per heavy atom. The van der Waals surface area contributed by atoms with E-state index in [1.54, 1.807) is 14.2 Å². The molecule has 3 aromatic rings. The summed E-state index contributed by atoms with van der Waals surface area (Å²) in [5.74, 6) is 3.00. The number of hydrogen-bond acceptors (Lipinski definition) is 4. The van der Waals surface area contributed by atoms with Crippen LogP contribution in [0.25, 0.3) is 11.4 Å². The summed E-state index contributed by atoms with van der Waals surface area (Å²) in [5, 5.41) is 10.6. The molecule has 0 amide bonds. The lowest BCUT2D eigenvalue weighted by Gasteiger charge is -2.21. The van der Waals surface area contributed by atoms with E-state index in [-0.39, 0.29) is 24.0 Å². The summed E-state index contributed by atoms with van der Waals surface area (Å²) < 4.78 is 5.18. The van der Waals surface area contributed by atoms with Gasteiger partial charge in [-0.05, 0) is 29.8 Å². The third-order valence-corrected chi connectivity index (χ3v) is 4.13. The van der Waals surface area contributed by atoms with Crippen molar-refractivity contribution in [3.63, 3.8) is 0 Å². The van der Waals surface area contributed by atoms with E-state index in [9.17, 15) is 0 Å². The van der Waals surface area contributed by atoms with Crippen LogP contribution in [0.2, 0.25) is 0 Å². The minimum Gasteiger partial charge on any atom is -0.497 e. The Kier molecular flexibility index (Phi) is 8.24. The van der Waals surface area contributed by atoms with Gasteiger partial charge in [0.1, 0.15) is 11.6 Å². The molecule has 0 saturated carbocycles. The van der Waals surface area contributed by atoms with Crippen molar-refractivity contribution in [2.75, 3.05) is 21.2 Å². The normalized spacial score (nSPS) is 10.9. The summed E-state index contributed by atoms with van der Waals surface area (Å²) in [6.45, 7) is 1.28. The summed E-state index contributed by atoms with van der Waals surface area (Å²) in [6, 6.07) is 17.9. The maximum Gasteiger partial charge on any atom is 0.194 e. The third-order valence-electron chi connectivity index (χ3n) is 4.13. The Labute approximate surface area is 182 Å². The number of hydrogen-bond donors (Lipinski definition) is 2. The summed E-state index contributed by atoms with van der Waals surface area (Å²) in [7, 11) is 5.42. The van der Waals surface area contributed by atoms with Crippen LogP contribution in [-0.2, 0) is 13.1 Å². The molecule has 0 aliphatic heterocycles. The Bertz CT molecular complexity index is 879. The van der Waals surface area contributed by atoms with Crippen LogP contribution in [-0.4, -0.2) is 47.2 Å². The first-order chi connectivity index (χ1) is 13.2. The van der Waals surface area contributed by atoms with Crippen LogP contribution in [0, 0.1) is 0 Å². The van der Waals surface area contributed by atoms with Crippen molar-refractivity contribution in [1.82, 2.24) is 25.4 Å². The van der Waals surface area contributed by atoms with E-state index in [1.807, 2.05) is 49.5 Å². The number of H-pyrrole nitrogens is 1. The van der Waals surface area contributed by atoms with E-state index in [2.05, 4.69) is 42.5 Å². The third kappa shape index (κ3) is 5.69. The van der Waals surface area contributed by atoms with Gasteiger partial charge in [0.2, 0.25) is 0 Å². The maximum atomic E-state index is 5.18. The van der Waals surface area contributed by atoms with Gasteiger partial charge < -0.3 is 15.0 Å². The molecule has 0 unspecified atom stereocenters. The number of benzene rings is 2. The van der Waals surface area contributed by atoms with E-state index in [4.69, 9.17) is 4.74 Å². The molecule has 0 radical (unpaired) electrons. The summed E-state index contributed by atoms with van der Waals surface area (Å²) >= 11 is 0. The molecule has 2 N–H and O–H groups in total. The molecule has 148 valence electrons. The molecular formula is C20H25IN6O. The second kappa shape index (κ2) is 10.6. The van der Waals surface area contributed by atoms with Gasteiger partial charge in [-0.3, -0.25) is 10.1 Å². The summed E-state index contributed by atoms with van der Waals surface area (Å²) in [4.78, 5) is 10.9. The number of methoxy groups -OCH3 is 1. The SMILES string of the molecule is CN=C(NCc1nc(-c2ccc(OC)cc2)n[nH]1)N(C)Cc1ccccc1.I. The number of guanidine groups is 1. The Morgan fingerprint density at radius 2 is 1.86 bits per heavy atom. The van der Waals surface area contributed by atoms with Gasteiger partial charge in [-0.15, -0.1) is 24.0 Å². The number of aromatic nitrogens is 3. The number of nitrogens with one attached hydrogen (secondary N) is 2. The Balaban J connectivity index is 0.00000280. The maximum absolute atomic E-state index is 5.18. The summed E-state index contributed by atoms with van der Waals surface area (Å²) in [5.41, 5.74) is 2.16. The van der Waals surface area contributed by atoms with Crippen LogP contribution in [0.3, 0.4) is 0 Å². The van der Waals surface area contributed by atoms with Crippen LogP contribution in [0.1, 0.15) is 11.4 Å². The van der Waals surface area contributed by atoms with Crippen LogP contribution in [0.5, 0.6) is 5.75 Å².